The fraction of sp³-hybridized carbons (Fsp3) is 0.111. The molecule has 0 saturated carbocycles. The molecule has 0 heterocycles. The van der Waals surface area contributed by atoms with E-state index in [1.165, 1.54) is 4.90 Å². The van der Waals surface area contributed by atoms with Crippen LogP contribution in [0.2, 0.25) is 0 Å². The standard InChI is InChI=1S/C9H7BrN2O/c1-12(9(13)6-11)8-4-2-3-7(10)5-8/h2-5H,1H3. The number of halogens is 1. The van der Waals surface area contributed by atoms with Gasteiger partial charge in [-0.2, -0.15) is 5.26 Å². The number of nitrogens with zero attached hydrogens (tertiary/aromatic N) is 2. The highest BCUT2D eigenvalue weighted by Crippen LogP contribution is 2.18. The van der Waals surface area contributed by atoms with E-state index in [1.54, 1.807) is 31.3 Å². The van der Waals surface area contributed by atoms with E-state index >= 15 is 0 Å². The zero-order valence-electron chi connectivity index (χ0n) is 6.99. The van der Waals surface area contributed by atoms with Crippen molar-refractivity contribution >= 4 is 27.5 Å². The molecule has 0 saturated heterocycles. The molecule has 0 N–H and O–H groups in total. The molecule has 0 aliphatic heterocycles. The van der Waals surface area contributed by atoms with Gasteiger partial charge in [0.25, 0.3) is 0 Å². The van der Waals surface area contributed by atoms with Gasteiger partial charge in [-0.05, 0) is 18.2 Å². The molecule has 0 fully saturated rings. The van der Waals surface area contributed by atoms with Crippen LogP contribution in [-0.4, -0.2) is 13.0 Å². The van der Waals surface area contributed by atoms with Crippen molar-refractivity contribution in [3.63, 3.8) is 0 Å². The molecule has 0 atom stereocenters. The molecule has 3 nitrogen and oxygen atoms in total. The third-order valence-electron chi connectivity index (χ3n) is 1.60. The number of nitriles is 1. The summed E-state index contributed by atoms with van der Waals surface area (Å²) in [5, 5.41) is 8.38. The molecule has 66 valence electrons. The molecule has 0 aromatic heterocycles. The van der Waals surface area contributed by atoms with Crippen molar-refractivity contribution in [1.29, 1.82) is 5.26 Å². The van der Waals surface area contributed by atoms with Crippen LogP contribution in [0.4, 0.5) is 5.69 Å². The Morgan fingerprint density at radius 3 is 2.85 bits per heavy atom. The van der Waals surface area contributed by atoms with Crippen molar-refractivity contribution in [3.05, 3.63) is 28.7 Å². The first-order chi connectivity index (χ1) is 6.15. The van der Waals surface area contributed by atoms with Crippen LogP contribution in [-0.2, 0) is 4.79 Å². The molecule has 0 unspecified atom stereocenters. The van der Waals surface area contributed by atoms with E-state index in [1.807, 2.05) is 6.07 Å². The zero-order chi connectivity index (χ0) is 9.84. The van der Waals surface area contributed by atoms with E-state index in [2.05, 4.69) is 15.9 Å². The first kappa shape index (κ1) is 9.75. The first-order valence-corrected chi connectivity index (χ1v) is 4.38. The van der Waals surface area contributed by atoms with Crippen molar-refractivity contribution in [3.8, 4) is 6.07 Å². The topological polar surface area (TPSA) is 44.1 Å². The van der Waals surface area contributed by atoms with Gasteiger partial charge >= 0.3 is 5.91 Å². The number of anilines is 1. The summed E-state index contributed by atoms with van der Waals surface area (Å²) in [6.45, 7) is 0. The lowest BCUT2D eigenvalue weighted by molar-refractivity contribution is -0.113. The molecule has 0 radical (unpaired) electrons. The maximum Gasteiger partial charge on any atom is 0.329 e. The molecule has 1 aromatic carbocycles. The number of benzene rings is 1. The summed E-state index contributed by atoms with van der Waals surface area (Å²) < 4.78 is 0.877. The van der Waals surface area contributed by atoms with Gasteiger partial charge in [0.15, 0.2) is 6.07 Å². The molecule has 0 bridgehead atoms. The lowest BCUT2D eigenvalue weighted by atomic mass is 10.3. The van der Waals surface area contributed by atoms with Crippen molar-refractivity contribution in [2.24, 2.45) is 0 Å². The average Bonchev–Trinajstić information content (AvgIpc) is 2.15. The smallest absolute Gasteiger partial charge is 0.303 e. The van der Waals surface area contributed by atoms with Crippen LogP contribution in [0.3, 0.4) is 0 Å². The maximum absolute atomic E-state index is 11.0. The monoisotopic (exact) mass is 238 g/mol. The largest absolute Gasteiger partial charge is 0.329 e. The summed E-state index contributed by atoms with van der Waals surface area (Å²) in [6.07, 6.45) is 0. The molecule has 1 rings (SSSR count). The Balaban J connectivity index is 2.96. The Morgan fingerprint density at radius 1 is 1.62 bits per heavy atom. The predicted octanol–water partition coefficient (Wildman–Crippen LogP) is 1.94. The summed E-state index contributed by atoms with van der Waals surface area (Å²) in [5.41, 5.74) is 0.695. The van der Waals surface area contributed by atoms with E-state index in [-0.39, 0.29) is 0 Å². The molecule has 0 aliphatic carbocycles. The van der Waals surface area contributed by atoms with Crippen LogP contribution < -0.4 is 4.90 Å². The van der Waals surface area contributed by atoms with Crippen LogP contribution in [0.1, 0.15) is 0 Å². The molecular weight excluding hydrogens is 232 g/mol. The molecule has 4 heteroatoms. The summed E-state index contributed by atoms with van der Waals surface area (Å²) >= 11 is 3.28. The fourth-order valence-corrected chi connectivity index (χ4v) is 1.26. The second-order valence-electron chi connectivity index (χ2n) is 2.46. The molecule has 0 spiro atoms. The minimum absolute atomic E-state index is 0.571. The van der Waals surface area contributed by atoms with E-state index < -0.39 is 5.91 Å². The normalized spacial score (nSPS) is 9.00. The Bertz CT molecular complexity index is 370. The number of carbonyl (C=O) groups excluding carboxylic acids is 1. The average molecular weight is 239 g/mol. The number of carbonyl (C=O) groups is 1. The van der Waals surface area contributed by atoms with Gasteiger partial charge in [0.1, 0.15) is 0 Å². The predicted molar refractivity (Wildman–Crippen MR) is 53.2 cm³/mol. The quantitative estimate of drug-likeness (QED) is 0.703. The second-order valence-corrected chi connectivity index (χ2v) is 3.37. The van der Waals surface area contributed by atoms with Crippen molar-refractivity contribution in [1.82, 2.24) is 0 Å². The summed E-state index contributed by atoms with van der Waals surface area (Å²) in [7, 11) is 1.56. The minimum atomic E-state index is -0.571. The minimum Gasteiger partial charge on any atom is -0.303 e. The third-order valence-corrected chi connectivity index (χ3v) is 2.09. The van der Waals surface area contributed by atoms with Gasteiger partial charge in [-0.15, -0.1) is 0 Å². The number of amides is 1. The van der Waals surface area contributed by atoms with Crippen molar-refractivity contribution < 1.29 is 4.79 Å². The fourth-order valence-electron chi connectivity index (χ4n) is 0.877. The highest BCUT2D eigenvalue weighted by Gasteiger charge is 2.08. The van der Waals surface area contributed by atoms with Crippen LogP contribution >= 0.6 is 15.9 Å². The van der Waals surface area contributed by atoms with Crippen LogP contribution in [0, 0.1) is 11.3 Å². The lowest BCUT2D eigenvalue weighted by Gasteiger charge is -2.12. The summed E-state index contributed by atoms with van der Waals surface area (Å²) in [4.78, 5) is 12.3. The van der Waals surface area contributed by atoms with E-state index in [4.69, 9.17) is 5.26 Å². The van der Waals surface area contributed by atoms with Gasteiger partial charge in [0.05, 0.1) is 0 Å². The van der Waals surface area contributed by atoms with Gasteiger partial charge in [-0.3, -0.25) is 4.79 Å². The maximum atomic E-state index is 11.0. The number of rotatable bonds is 1. The SMILES string of the molecule is CN(C(=O)C#N)c1cccc(Br)c1. The Hall–Kier alpha value is -1.34. The molecule has 1 amide bonds. The number of hydrogen-bond donors (Lipinski definition) is 0. The number of hydrogen-bond acceptors (Lipinski definition) is 2. The van der Waals surface area contributed by atoms with Gasteiger partial charge in [-0.1, -0.05) is 22.0 Å². The highest BCUT2D eigenvalue weighted by molar-refractivity contribution is 9.10. The van der Waals surface area contributed by atoms with Crippen LogP contribution in [0.5, 0.6) is 0 Å². The highest BCUT2D eigenvalue weighted by atomic mass is 79.9. The molecule has 0 aliphatic rings. The first-order valence-electron chi connectivity index (χ1n) is 3.58. The van der Waals surface area contributed by atoms with Crippen LogP contribution in [0.15, 0.2) is 28.7 Å². The summed E-state index contributed by atoms with van der Waals surface area (Å²) in [5.74, 6) is -0.571. The van der Waals surface area contributed by atoms with Gasteiger partial charge in [-0.25, -0.2) is 0 Å². The Morgan fingerprint density at radius 2 is 2.31 bits per heavy atom. The second kappa shape index (κ2) is 4.06. The molecular formula is C9H7BrN2O. The van der Waals surface area contributed by atoms with Crippen molar-refractivity contribution in [2.75, 3.05) is 11.9 Å². The Kier molecular flexibility index (Phi) is 3.04. The zero-order valence-corrected chi connectivity index (χ0v) is 8.58. The van der Waals surface area contributed by atoms with Gasteiger partial charge < -0.3 is 4.90 Å². The van der Waals surface area contributed by atoms with Gasteiger partial charge in [0.2, 0.25) is 0 Å². The third kappa shape index (κ3) is 2.30. The molecule has 13 heavy (non-hydrogen) atoms. The van der Waals surface area contributed by atoms with Crippen molar-refractivity contribution in [2.45, 2.75) is 0 Å². The van der Waals surface area contributed by atoms with E-state index in [9.17, 15) is 4.79 Å². The molecule has 1 aromatic rings. The van der Waals surface area contributed by atoms with Crippen LogP contribution in [0.25, 0.3) is 0 Å². The van der Waals surface area contributed by atoms with E-state index in [0.29, 0.717) is 5.69 Å². The van der Waals surface area contributed by atoms with Gasteiger partial charge in [0, 0.05) is 17.2 Å². The summed E-state index contributed by atoms with van der Waals surface area (Å²) in [6, 6.07) is 8.75. The lowest BCUT2D eigenvalue weighted by Crippen LogP contribution is -2.24. The van der Waals surface area contributed by atoms with E-state index in [0.717, 1.165) is 4.47 Å². The Labute approximate surface area is 84.7 Å².